The Kier molecular flexibility index (Phi) is 4.91. The first-order valence-electron chi connectivity index (χ1n) is 6.51. The van der Waals surface area contributed by atoms with Gasteiger partial charge in [0.05, 0.1) is 17.3 Å². The summed E-state index contributed by atoms with van der Waals surface area (Å²) >= 11 is 0. The summed E-state index contributed by atoms with van der Waals surface area (Å²) in [5.74, 6) is -0.217. The molecule has 0 radical (unpaired) electrons. The van der Waals surface area contributed by atoms with Gasteiger partial charge in [-0.05, 0) is 37.0 Å². The van der Waals surface area contributed by atoms with Crippen LogP contribution < -0.4 is 10.6 Å². The number of nitrogens with zero attached hydrogens (tertiary/aromatic N) is 1. The summed E-state index contributed by atoms with van der Waals surface area (Å²) in [6.07, 6.45) is 1.84. The van der Waals surface area contributed by atoms with E-state index in [0.717, 1.165) is 32.1 Å². The number of hydrogen-bond acceptors (Lipinski definition) is 3. The number of ether oxygens (including phenoxy) is 1. The van der Waals surface area contributed by atoms with Crippen molar-refractivity contribution in [3.63, 3.8) is 0 Å². The van der Waals surface area contributed by atoms with Gasteiger partial charge in [0, 0.05) is 19.8 Å². The third kappa shape index (κ3) is 3.93. The molecule has 0 bridgehead atoms. The van der Waals surface area contributed by atoms with Gasteiger partial charge in [0.2, 0.25) is 0 Å². The molecule has 20 heavy (non-hydrogen) atoms. The molecule has 1 aromatic rings. The summed E-state index contributed by atoms with van der Waals surface area (Å²) in [4.78, 5) is 11.7. The normalized spacial score (nSPS) is 15.4. The summed E-state index contributed by atoms with van der Waals surface area (Å²) in [5, 5.41) is 13.8. The van der Waals surface area contributed by atoms with E-state index < -0.39 is 11.8 Å². The van der Waals surface area contributed by atoms with E-state index in [9.17, 15) is 9.18 Å². The fourth-order valence-electron chi connectivity index (χ4n) is 2.04. The summed E-state index contributed by atoms with van der Waals surface area (Å²) in [5.41, 5.74) is 0.282. The number of carbonyl (C=O) groups is 1. The van der Waals surface area contributed by atoms with Crippen LogP contribution in [0.2, 0.25) is 0 Å². The molecule has 0 saturated carbocycles. The molecule has 106 valence electrons. The molecule has 1 heterocycles. The molecule has 1 aromatic carbocycles. The number of nitrogens with one attached hydrogen (secondary N) is 2. The average Bonchev–Trinajstić information content (AvgIpc) is 2.48. The van der Waals surface area contributed by atoms with E-state index in [1.165, 1.54) is 12.1 Å². The molecule has 2 N–H and O–H groups in total. The van der Waals surface area contributed by atoms with Gasteiger partial charge in [0.25, 0.3) is 0 Å². The average molecular weight is 277 g/mol. The van der Waals surface area contributed by atoms with Gasteiger partial charge in [0.1, 0.15) is 5.82 Å². The Hall–Kier alpha value is -2.13. The lowest BCUT2D eigenvalue weighted by Gasteiger charge is -2.22. The summed E-state index contributed by atoms with van der Waals surface area (Å²) in [7, 11) is 0. The third-order valence-electron chi connectivity index (χ3n) is 3.24. The van der Waals surface area contributed by atoms with Gasteiger partial charge in [-0.15, -0.1) is 0 Å². The maximum atomic E-state index is 13.6. The van der Waals surface area contributed by atoms with Crippen LogP contribution in [0, 0.1) is 23.1 Å². The highest BCUT2D eigenvalue weighted by Gasteiger charge is 2.15. The first-order chi connectivity index (χ1) is 9.69. The van der Waals surface area contributed by atoms with Crippen molar-refractivity contribution >= 4 is 11.7 Å². The molecule has 0 aromatic heterocycles. The maximum absolute atomic E-state index is 13.6. The quantitative estimate of drug-likeness (QED) is 0.889. The van der Waals surface area contributed by atoms with E-state index in [1.54, 1.807) is 0 Å². The van der Waals surface area contributed by atoms with Crippen LogP contribution in [0.5, 0.6) is 0 Å². The number of amides is 2. The molecule has 0 spiro atoms. The highest BCUT2D eigenvalue weighted by atomic mass is 19.1. The molecule has 1 saturated heterocycles. The zero-order chi connectivity index (χ0) is 14.4. The standard InChI is InChI=1S/C14H16FN3O2/c15-12-7-11(8-16)1-2-13(12)18-14(19)17-9-10-3-5-20-6-4-10/h1-2,7,10H,3-6,9H2,(H2,17,18,19). The van der Waals surface area contributed by atoms with E-state index in [0.29, 0.717) is 12.5 Å². The van der Waals surface area contributed by atoms with Crippen LogP contribution in [0.15, 0.2) is 18.2 Å². The number of halogens is 1. The maximum Gasteiger partial charge on any atom is 0.319 e. The van der Waals surface area contributed by atoms with Crippen molar-refractivity contribution in [2.24, 2.45) is 5.92 Å². The lowest BCUT2D eigenvalue weighted by molar-refractivity contribution is 0.0671. The Morgan fingerprint density at radius 1 is 1.45 bits per heavy atom. The molecule has 2 amide bonds. The van der Waals surface area contributed by atoms with Gasteiger partial charge in [-0.3, -0.25) is 0 Å². The second kappa shape index (κ2) is 6.87. The van der Waals surface area contributed by atoms with Crippen molar-refractivity contribution in [1.29, 1.82) is 5.26 Å². The second-order valence-corrected chi connectivity index (χ2v) is 4.70. The van der Waals surface area contributed by atoms with Gasteiger partial charge >= 0.3 is 6.03 Å². The molecule has 0 unspecified atom stereocenters. The lowest BCUT2D eigenvalue weighted by atomic mass is 10.0. The van der Waals surface area contributed by atoms with Gasteiger partial charge < -0.3 is 15.4 Å². The minimum atomic E-state index is -0.620. The number of anilines is 1. The molecular weight excluding hydrogens is 261 g/mol. The van der Waals surface area contributed by atoms with Crippen molar-refractivity contribution in [2.45, 2.75) is 12.8 Å². The Balaban J connectivity index is 1.83. The number of benzene rings is 1. The van der Waals surface area contributed by atoms with Gasteiger partial charge in [0.15, 0.2) is 0 Å². The molecule has 1 aliphatic heterocycles. The molecule has 1 aliphatic rings. The number of rotatable bonds is 3. The van der Waals surface area contributed by atoms with E-state index in [4.69, 9.17) is 10.00 Å². The minimum Gasteiger partial charge on any atom is -0.381 e. The molecule has 6 heteroatoms. The number of carbonyl (C=O) groups excluding carboxylic acids is 1. The SMILES string of the molecule is N#Cc1ccc(NC(=O)NCC2CCOCC2)c(F)c1. The molecule has 0 atom stereocenters. The van der Waals surface area contributed by atoms with Crippen LogP contribution in [0.3, 0.4) is 0 Å². The van der Waals surface area contributed by atoms with Crippen molar-refractivity contribution in [1.82, 2.24) is 5.32 Å². The van der Waals surface area contributed by atoms with Crippen molar-refractivity contribution in [2.75, 3.05) is 25.1 Å². The van der Waals surface area contributed by atoms with Gasteiger partial charge in [-0.1, -0.05) is 0 Å². The van der Waals surface area contributed by atoms with Crippen molar-refractivity contribution in [3.05, 3.63) is 29.6 Å². The smallest absolute Gasteiger partial charge is 0.319 e. The Morgan fingerprint density at radius 2 is 2.20 bits per heavy atom. The molecule has 2 rings (SSSR count). The number of hydrogen-bond donors (Lipinski definition) is 2. The van der Waals surface area contributed by atoms with E-state index >= 15 is 0 Å². The lowest BCUT2D eigenvalue weighted by Crippen LogP contribution is -2.35. The predicted octanol–water partition coefficient (Wildman–Crippen LogP) is 2.25. The highest BCUT2D eigenvalue weighted by molar-refractivity contribution is 5.89. The van der Waals surface area contributed by atoms with E-state index in [-0.39, 0.29) is 11.3 Å². The van der Waals surface area contributed by atoms with Crippen LogP contribution in [0.1, 0.15) is 18.4 Å². The predicted molar refractivity (Wildman–Crippen MR) is 71.7 cm³/mol. The van der Waals surface area contributed by atoms with E-state index in [2.05, 4.69) is 10.6 Å². The zero-order valence-corrected chi connectivity index (χ0v) is 11.0. The van der Waals surface area contributed by atoms with Crippen LogP contribution in [-0.2, 0) is 4.74 Å². The Bertz CT molecular complexity index is 522. The minimum absolute atomic E-state index is 0.0634. The molecule has 0 aliphatic carbocycles. The zero-order valence-electron chi connectivity index (χ0n) is 11.0. The van der Waals surface area contributed by atoms with Crippen LogP contribution in [-0.4, -0.2) is 25.8 Å². The highest BCUT2D eigenvalue weighted by Crippen LogP contribution is 2.16. The summed E-state index contributed by atoms with van der Waals surface area (Å²) in [6.45, 7) is 1.99. The van der Waals surface area contributed by atoms with Gasteiger partial charge in [-0.25, -0.2) is 9.18 Å². The number of nitriles is 1. The number of urea groups is 1. The van der Waals surface area contributed by atoms with Crippen LogP contribution >= 0.6 is 0 Å². The third-order valence-corrected chi connectivity index (χ3v) is 3.24. The van der Waals surface area contributed by atoms with Crippen molar-refractivity contribution < 1.29 is 13.9 Å². The monoisotopic (exact) mass is 277 g/mol. The van der Waals surface area contributed by atoms with Crippen LogP contribution in [0.4, 0.5) is 14.9 Å². The topological polar surface area (TPSA) is 74.2 Å². The van der Waals surface area contributed by atoms with Gasteiger partial charge in [-0.2, -0.15) is 5.26 Å². The fourth-order valence-corrected chi connectivity index (χ4v) is 2.04. The Labute approximate surface area is 116 Å². The largest absolute Gasteiger partial charge is 0.381 e. The fraction of sp³-hybridized carbons (Fsp3) is 0.429. The molecule has 1 fully saturated rings. The van der Waals surface area contributed by atoms with Crippen molar-refractivity contribution in [3.8, 4) is 6.07 Å². The first kappa shape index (κ1) is 14.3. The Morgan fingerprint density at radius 3 is 2.85 bits per heavy atom. The summed E-state index contributed by atoms with van der Waals surface area (Å²) < 4.78 is 18.8. The summed E-state index contributed by atoms with van der Waals surface area (Å²) in [6, 6.07) is 5.32. The molecular formula is C14H16FN3O2. The van der Waals surface area contributed by atoms with Crippen LogP contribution in [0.25, 0.3) is 0 Å². The molecule has 5 nitrogen and oxygen atoms in total. The van der Waals surface area contributed by atoms with E-state index in [1.807, 2.05) is 6.07 Å². The first-order valence-corrected chi connectivity index (χ1v) is 6.51. The second-order valence-electron chi connectivity index (χ2n) is 4.70.